The van der Waals surface area contributed by atoms with Gasteiger partial charge < -0.3 is 14.8 Å². The molecule has 0 aromatic carbocycles. The van der Waals surface area contributed by atoms with Gasteiger partial charge in [-0.05, 0) is 25.3 Å². The fourth-order valence-electron chi connectivity index (χ4n) is 2.01. The summed E-state index contributed by atoms with van der Waals surface area (Å²) in [5.74, 6) is 0.803. The topological polar surface area (TPSA) is 50.2 Å². The summed E-state index contributed by atoms with van der Waals surface area (Å²) in [7, 11) is 1.89. The standard InChI is InChI=1S/C14H24N4O/c1-11(2)6-15-7-12-8-18(10-16-12)9-14(19)17(3)13-4-5-13/h8,10-11,13,15H,4-7,9H2,1-3H3. The second-order valence-corrected chi connectivity index (χ2v) is 5.80. The average molecular weight is 264 g/mol. The first-order chi connectivity index (χ1) is 9.06. The maximum atomic E-state index is 12.0. The summed E-state index contributed by atoms with van der Waals surface area (Å²) in [6.45, 7) is 6.49. The summed E-state index contributed by atoms with van der Waals surface area (Å²) < 4.78 is 1.87. The van der Waals surface area contributed by atoms with E-state index >= 15 is 0 Å². The number of hydrogen-bond acceptors (Lipinski definition) is 3. The van der Waals surface area contributed by atoms with E-state index < -0.39 is 0 Å². The number of imidazole rings is 1. The highest BCUT2D eigenvalue weighted by molar-refractivity contribution is 5.76. The molecule has 0 radical (unpaired) electrons. The van der Waals surface area contributed by atoms with Crippen LogP contribution in [0, 0.1) is 5.92 Å². The van der Waals surface area contributed by atoms with Gasteiger partial charge in [-0.2, -0.15) is 0 Å². The van der Waals surface area contributed by atoms with Crippen LogP contribution in [-0.4, -0.2) is 40.0 Å². The molecule has 0 saturated heterocycles. The van der Waals surface area contributed by atoms with Gasteiger partial charge in [-0.15, -0.1) is 0 Å². The largest absolute Gasteiger partial charge is 0.341 e. The summed E-state index contributed by atoms with van der Waals surface area (Å²) >= 11 is 0. The minimum atomic E-state index is 0.168. The Morgan fingerprint density at radius 1 is 1.58 bits per heavy atom. The van der Waals surface area contributed by atoms with E-state index in [1.165, 1.54) is 0 Å². The van der Waals surface area contributed by atoms with Crippen LogP contribution in [-0.2, 0) is 17.9 Å². The second kappa shape index (κ2) is 6.19. The number of amides is 1. The van der Waals surface area contributed by atoms with Crippen molar-refractivity contribution in [2.24, 2.45) is 5.92 Å². The summed E-state index contributed by atoms with van der Waals surface area (Å²) in [5, 5.41) is 3.35. The van der Waals surface area contributed by atoms with E-state index in [2.05, 4.69) is 24.1 Å². The molecule has 1 fully saturated rings. The molecule has 1 heterocycles. The van der Waals surface area contributed by atoms with Crippen molar-refractivity contribution in [1.82, 2.24) is 19.8 Å². The zero-order chi connectivity index (χ0) is 13.8. The molecule has 1 aromatic rings. The van der Waals surface area contributed by atoms with Crippen LogP contribution in [0.2, 0.25) is 0 Å². The van der Waals surface area contributed by atoms with Crippen LogP contribution in [0.25, 0.3) is 0 Å². The van der Waals surface area contributed by atoms with E-state index in [1.807, 2.05) is 22.7 Å². The number of nitrogens with one attached hydrogen (secondary N) is 1. The third-order valence-electron chi connectivity index (χ3n) is 3.35. The zero-order valence-electron chi connectivity index (χ0n) is 12.1. The van der Waals surface area contributed by atoms with Crippen molar-refractivity contribution < 1.29 is 4.79 Å². The minimum absolute atomic E-state index is 0.168. The van der Waals surface area contributed by atoms with Crippen LogP contribution in [0.5, 0.6) is 0 Å². The molecule has 2 rings (SSSR count). The summed E-state index contributed by atoms with van der Waals surface area (Å²) in [6.07, 6.45) is 5.99. The zero-order valence-corrected chi connectivity index (χ0v) is 12.1. The Kier molecular flexibility index (Phi) is 4.58. The summed E-state index contributed by atoms with van der Waals surface area (Å²) in [6, 6.07) is 0.475. The first-order valence-electron chi connectivity index (χ1n) is 7.03. The first-order valence-corrected chi connectivity index (χ1v) is 7.03. The lowest BCUT2D eigenvalue weighted by Crippen LogP contribution is -2.31. The normalized spacial score (nSPS) is 14.9. The third-order valence-corrected chi connectivity index (χ3v) is 3.35. The smallest absolute Gasteiger partial charge is 0.242 e. The number of hydrogen-bond donors (Lipinski definition) is 1. The molecule has 1 amide bonds. The number of rotatable bonds is 7. The molecule has 1 aliphatic rings. The van der Waals surface area contributed by atoms with E-state index in [0.717, 1.165) is 31.6 Å². The molecule has 1 saturated carbocycles. The number of likely N-dealkylation sites (N-methyl/N-ethyl adjacent to an activating group) is 1. The maximum Gasteiger partial charge on any atom is 0.242 e. The minimum Gasteiger partial charge on any atom is -0.341 e. The third kappa shape index (κ3) is 4.35. The Morgan fingerprint density at radius 2 is 2.32 bits per heavy atom. The van der Waals surface area contributed by atoms with Crippen LogP contribution < -0.4 is 5.32 Å². The molecule has 5 nitrogen and oxygen atoms in total. The lowest BCUT2D eigenvalue weighted by molar-refractivity contribution is -0.131. The van der Waals surface area contributed by atoms with E-state index in [4.69, 9.17) is 0 Å². The van der Waals surface area contributed by atoms with Crippen molar-refractivity contribution in [2.75, 3.05) is 13.6 Å². The van der Waals surface area contributed by atoms with Crippen LogP contribution in [0.4, 0.5) is 0 Å². The van der Waals surface area contributed by atoms with E-state index in [0.29, 0.717) is 18.5 Å². The first kappa shape index (κ1) is 14.1. The van der Waals surface area contributed by atoms with Crippen molar-refractivity contribution >= 4 is 5.91 Å². The van der Waals surface area contributed by atoms with Crippen molar-refractivity contribution in [3.05, 3.63) is 18.2 Å². The monoisotopic (exact) mass is 264 g/mol. The molecule has 1 N–H and O–H groups in total. The van der Waals surface area contributed by atoms with Gasteiger partial charge in [0.25, 0.3) is 0 Å². The lowest BCUT2D eigenvalue weighted by atomic mass is 10.2. The van der Waals surface area contributed by atoms with Crippen molar-refractivity contribution in [3.63, 3.8) is 0 Å². The van der Waals surface area contributed by atoms with Crippen LogP contribution in [0.3, 0.4) is 0 Å². The fraction of sp³-hybridized carbons (Fsp3) is 0.714. The van der Waals surface area contributed by atoms with Gasteiger partial charge in [0.2, 0.25) is 5.91 Å². The van der Waals surface area contributed by atoms with Crippen molar-refractivity contribution in [1.29, 1.82) is 0 Å². The Balaban J connectivity index is 1.78. The number of nitrogens with zero attached hydrogens (tertiary/aromatic N) is 3. The molecule has 106 valence electrons. The van der Waals surface area contributed by atoms with Gasteiger partial charge >= 0.3 is 0 Å². The highest BCUT2D eigenvalue weighted by atomic mass is 16.2. The van der Waals surface area contributed by atoms with Crippen molar-refractivity contribution in [2.45, 2.75) is 45.8 Å². The van der Waals surface area contributed by atoms with Gasteiger partial charge in [0, 0.05) is 25.8 Å². The molecule has 0 spiro atoms. The number of aromatic nitrogens is 2. The molecular formula is C14H24N4O. The highest BCUT2D eigenvalue weighted by Crippen LogP contribution is 2.25. The second-order valence-electron chi connectivity index (χ2n) is 5.80. The molecule has 1 aliphatic carbocycles. The highest BCUT2D eigenvalue weighted by Gasteiger charge is 2.29. The molecule has 1 aromatic heterocycles. The van der Waals surface area contributed by atoms with E-state index in [-0.39, 0.29) is 5.91 Å². The van der Waals surface area contributed by atoms with E-state index in [9.17, 15) is 4.79 Å². The van der Waals surface area contributed by atoms with Gasteiger partial charge in [-0.1, -0.05) is 13.8 Å². The Bertz CT molecular complexity index is 423. The van der Waals surface area contributed by atoms with Crippen LogP contribution >= 0.6 is 0 Å². The van der Waals surface area contributed by atoms with Crippen molar-refractivity contribution in [3.8, 4) is 0 Å². The van der Waals surface area contributed by atoms with Gasteiger partial charge in [0.1, 0.15) is 6.54 Å². The predicted octanol–water partition coefficient (Wildman–Crippen LogP) is 1.25. The molecular weight excluding hydrogens is 240 g/mol. The van der Waals surface area contributed by atoms with Gasteiger partial charge in [0.15, 0.2) is 0 Å². The maximum absolute atomic E-state index is 12.0. The summed E-state index contributed by atoms with van der Waals surface area (Å²) in [4.78, 5) is 18.1. The van der Waals surface area contributed by atoms with E-state index in [1.54, 1.807) is 6.33 Å². The molecule has 0 unspecified atom stereocenters. The van der Waals surface area contributed by atoms with Crippen LogP contribution in [0.1, 0.15) is 32.4 Å². The van der Waals surface area contributed by atoms with Gasteiger partial charge in [-0.3, -0.25) is 4.79 Å². The Labute approximate surface area is 115 Å². The SMILES string of the molecule is CC(C)CNCc1cn(CC(=O)N(C)C2CC2)cn1. The number of carbonyl (C=O) groups excluding carboxylic acids is 1. The number of carbonyl (C=O) groups is 1. The molecule has 0 atom stereocenters. The fourth-order valence-corrected chi connectivity index (χ4v) is 2.01. The lowest BCUT2D eigenvalue weighted by Gasteiger charge is -2.16. The Morgan fingerprint density at radius 3 is 2.95 bits per heavy atom. The molecule has 5 heteroatoms. The quantitative estimate of drug-likeness (QED) is 0.806. The molecule has 0 aliphatic heterocycles. The van der Waals surface area contributed by atoms with Gasteiger partial charge in [0.05, 0.1) is 12.0 Å². The molecule has 0 bridgehead atoms. The predicted molar refractivity (Wildman–Crippen MR) is 74.6 cm³/mol. The average Bonchev–Trinajstić information content (AvgIpc) is 3.11. The Hall–Kier alpha value is -1.36. The summed E-state index contributed by atoms with van der Waals surface area (Å²) in [5.41, 5.74) is 0.988. The van der Waals surface area contributed by atoms with Crippen LogP contribution in [0.15, 0.2) is 12.5 Å². The van der Waals surface area contributed by atoms with Gasteiger partial charge in [-0.25, -0.2) is 4.98 Å². The molecule has 19 heavy (non-hydrogen) atoms.